The maximum atomic E-state index is 11.1. The van der Waals surface area contributed by atoms with Gasteiger partial charge in [-0.3, -0.25) is 0 Å². The summed E-state index contributed by atoms with van der Waals surface area (Å²) in [5, 5.41) is 11.1. The van der Waals surface area contributed by atoms with Crippen molar-refractivity contribution in [2.45, 2.75) is 82.8 Å². The van der Waals surface area contributed by atoms with Gasteiger partial charge in [0.15, 0.2) is 0 Å². The highest BCUT2D eigenvalue weighted by Gasteiger charge is 2.36. The molecule has 0 saturated carbocycles. The number of aromatic hydroxyl groups is 1. The number of fused-ring (bicyclic) bond motifs is 3. The highest BCUT2D eigenvalue weighted by molar-refractivity contribution is 5.66. The van der Waals surface area contributed by atoms with Crippen molar-refractivity contribution < 1.29 is 9.84 Å². The lowest BCUT2D eigenvalue weighted by Crippen LogP contribution is -2.44. The van der Waals surface area contributed by atoms with Gasteiger partial charge < -0.3 is 19.6 Å². The van der Waals surface area contributed by atoms with Crippen LogP contribution in [0.1, 0.15) is 75.3 Å². The van der Waals surface area contributed by atoms with Crippen LogP contribution in [0.25, 0.3) is 0 Å². The standard InChI is InChI=1S/C29H42N2O2/c1-22(11-9-14-23-12-5-4-6-13-23)33-26-20-27-29(28(32)21-26)24(15-10-17-30(2)3)19-25-16-7-8-18-31(25)27/h4-6,12-13,20-22,24-25,32H,7-11,14-19H2,1-3H3. The highest BCUT2D eigenvalue weighted by Crippen LogP contribution is 2.49. The number of hydrogen-bond acceptors (Lipinski definition) is 4. The molecule has 0 aromatic heterocycles. The zero-order valence-corrected chi connectivity index (χ0v) is 20.8. The van der Waals surface area contributed by atoms with Crippen LogP contribution in [-0.4, -0.2) is 49.3 Å². The fourth-order valence-corrected chi connectivity index (χ4v) is 5.78. The van der Waals surface area contributed by atoms with E-state index in [2.05, 4.69) is 67.2 Å². The lowest BCUT2D eigenvalue weighted by Gasteiger charge is -2.45. The number of benzene rings is 2. The monoisotopic (exact) mass is 450 g/mol. The second kappa shape index (κ2) is 11.3. The van der Waals surface area contributed by atoms with Crippen LogP contribution in [0.4, 0.5) is 5.69 Å². The maximum absolute atomic E-state index is 11.1. The van der Waals surface area contributed by atoms with E-state index < -0.39 is 0 Å². The van der Waals surface area contributed by atoms with Crippen molar-refractivity contribution >= 4 is 5.69 Å². The minimum atomic E-state index is 0.128. The van der Waals surface area contributed by atoms with Crippen molar-refractivity contribution in [2.75, 3.05) is 32.1 Å². The normalized spacial score (nSPS) is 20.9. The van der Waals surface area contributed by atoms with E-state index in [-0.39, 0.29) is 6.10 Å². The fourth-order valence-electron chi connectivity index (χ4n) is 5.78. The zero-order valence-electron chi connectivity index (χ0n) is 20.8. The third kappa shape index (κ3) is 6.23. The lowest BCUT2D eigenvalue weighted by atomic mass is 9.79. The summed E-state index contributed by atoms with van der Waals surface area (Å²) in [5.41, 5.74) is 3.77. The van der Waals surface area contributed by atoms with Crippen molar-refractivity contribution in [2.24, 2.45) is 0 Å². The highest BCUT2D eigenvalue weighted by atomic mass is 16.5. The summed E-state index contributed by atoms with van der Waals surface area (Å²) in [4.78, 5) is 4.82. The van der Waals surface area contributed by atoms with Crippen LogP contribution in [0.5, 0.6) is 11.5 Å². The van der Waals surface area contributed by atoms with Gasteiger partial charge in [0.25, 0.3) is 0 Å². The predicted octanol–water partition coefficient (Wildman–Crippen LogP) is 6.37. The molecule has 4 heteroatoms. The summed E-state index contributed by atoms with van der Waals surface area (Å²) in [7, 11) is 4.28. The molecule has 0 bridgehead atoms. The molecule has 4 nitrogen and oxygen atoms in total. The van der Waals surface area contributed by atoms with Gasteiger partial charge in [-0.2, -0.15) is 0 Å². The molecular weight excluding hydrogens is 408 g/mol. The molecule has 33 heavy (non-hydrogen) atoms. The summed E-state index contributed by atoms with van der Waals surface area (Å²) >= 11 is 0. The van der Waals surface area contributed by atoms with E-state index >= 15 is 0 Å². The maximum Gasteiger partial charge on any atom is 0.125 e. The molecule has 2 heterocycles. The van der Waals surface area contributed by atoms with Crippen molar-refractivity contribution in [3.05, 3.63) is 53.6 Å². The van der Waals surface area contributed by atoms with Gasteiger partial charge in [-0.05, 0) is 96.8 Å². The van der Waals surface area contributed by atoms with Gasteiger partial charge in [-0.15, -0.1) is 0 Å². The van der Waals surface area contributed by atoms with Gasteiger partial charge in [-0.1, -0.05) is 30.3 Å². The molecule has 0 amide bonds. The second-order valence-electron chi connectivity index (χ2n) is 10.4. The molecule has 3 atom stereocenters. The van der Waals surface area contributed by atoms with Crippen LogP contribution in [0.15, 0.2) is 42.5 Å². The predicted molar refractivity (Wildman–Crippen MR) is 138 cm³/mol. The molecule has 180 valence electrons. The largest absolute Gasteiger partial charge is 0.507 e. The van der Waals surface area contributed by atoms with E-state index in [0.29, 0.717) is 17.7 Å². The average Bonchev–Trinajstić information content (AvgIpc) is 2.79. The minimum Gasteiger partial charge on any atom is -0.507 e. The summed E-state index contributed by atoms with van der Waals surface area (Å²) in [6.07, 6.45) is 10.6. The summed E-state index contributed by atoms with van der Waals surface area (Å²) < 4.78 is 6.33. The van der Waals surface area contributed by atoms with Crippen LogP contribution >= 0.6 is 0 Å². The van der Waals surface area contributed by atoms with Crippen LogP contribution < -0.4 is 9.64 Å². The third-order valence-corrected chi connectivity index (χ3v) is 7.43. The Morgan fingerprint density at radius 2 is 1.94 bits per heavy atom. The lowest BCUT2D eigenvalue weighted by molar-refractivity contribution is 0.207. The van der Waals surface area contributed by atoms with E-state index in [0.717, 1.165) is 50.1 Å². The van der Waals surface area contributed by atoms with E-state index in [4.69, 9.17) is 4.74 Å². The Labute approximate surface area is 200 Å². The molecule has 0 spiro atoms. The number of piperidine rings is 1. The molecule has 2 aliphatic rings. The van der Waals surface area contributed by atoms with Gasteiger partial charge in [0, 0.05) is 36.0 Å². The molecule has 2 aromatic rings. The fraction of sp³-hybridized carbons (Fsp3) is 0.586. The smallest absolute Gasteiger partial charge is 0.125 e. The summed E-state index contributed by atoms with van der Waals surface area (Å²) in [5.74, 6) is 1.69. The van der Waals surface area contributed by atoms with Gasteiger partial charge >= 0.3 is 0 Å². The number of nitrogens with zero attached hydrogens (tertiary/aromatic N) is 2. The second-order valence-corrected chi connectivity index (χ2v) is 10.4. The first kappa shape index (κ1) is 23.9. The van der Waals surface area contributed by atoms with Crippen LogP contribution in [0.3, 0.4) is 0 Å². The van der Waals surface area contributed by atoms with Crippen molar-refractivity contribution in [3.63, 3.8) is 0 Å². The van der Waals surface area contributed by atoms with Gasteiger partial charge in [0.05, 0.1) is 6.10 Å². The van der Waals surface area contributed by atoms with Crippen LogP contribution in [-0.2, 0) is 6.42 Å². The minimum absolute atomic E-state index is 0.128. The number of hydrogen-bond donors (Lipinski definition) is 1. The summed E-state index contributed by atoms with van der Waals surface area (Å²) in [6, 6.07) is 15.4. The van der Waals surface area contributed by atoms with Gasteiger partial charge in [0.2, 0.25) is 0 Å². The Morgan fingerprint density at radius 3 is 2.73 bits per heavy atom. The number of phenols is 1. The van der Waals surface area contributed by atoms with Crippen molar-refractivity contribution in [1.82, 2.24) is 4.90 Å². The van der Waals surface area contributed by atoms with Crippen molar-refractivity contribution in [1.29, 1.82) is 0 Å². The molecular formula is C29H42N2O2. The van der Waals surface area contributed by atoms with E-state index in [1.807, 2.05) is 6.07 Å². The average molecular weight is 451 g/mol. The Balaban J connectivity index is 1.45. The van der Waals surface area contributed by atoms with Crippen molar-refractivity contribution in [3.8, 4) is 11.5 Å². The molecule has 1 saturated heterocycles. The van der Waals surface area contributed by atoms with E-state index in [1.165, 1.54) is 43.4 Å². The topological polar surface area (TPSA) is 35.9 Å². The number of phenolic OH excluding ortho intramolecular Hbond substituents is 1. The SMILES string of the molecule is CC(CCCc1ccccc1)Oc1cc(O)c2c(c1)N1CCCCC1CC2CCCN(C)C. The number of ether oxygens (including phenoxy) is 1. The summed E-state index contributed by atoms with van der Waals surface area (Å²) in [6.45, 7) is 4.34. The zero-order chi connectivity index (χ0) is 23.2. The first-order valence-corrected chi connectivity index (χ1v) is 13.0. The van der Waals surface area contributed by atoms with E-state index in [9.17, 15) is 5.11 Å². The van der Waals surface area contributed by atoms with Gasteiger partial charge in [-0.25, -0.2) is 0 Å². The Bertz CT molecular complexity index is 883. The molecule has 2 aromatic carbocycles. The molecule has 1 N–H and O–H groups in total. The molecule has 0 radical (unpaired) electrons. The Kier molecular flexibility index (Phi) is 8.19. The number of rotatable bonds is 10. The number of anilines is 1. The van der Waals surface area contributed by atoms with E-state index in [1.54, 1.807) is 0 Å². The van der Waals surface area contributed by atoms with Crippen LogP contribution in [0, 0.1) is 0 Å². The third-order valence-electron chi connectivity index (χ3n) is 7.43. The molecule has 1 fully saturated rings. The Hall–Kier alpha value is -2.20. The first-order valence-electron chi connectivity index (χ1n) is 13.0. The van der Waals surface area contributed by atoms with Gasteiger partial charge in [0.1, 0.15) is 11.5 Å². The molecule has 0 aliphatic carbocycles. The van der Waals surface area contributed by atoms with Crippen LogP contribution in [0.2, 0.25) is 0 Å². The molecule has 4 rings (SSSR count). The molecule has 3 unspecified atom stereocenters. The quantitative estimate of drug-likeness (QED) is 0.456. The molecule has 2 aliphatic heterocycles. The number of aryl methyl sites for hydroxylation is 1. The Morgan fingerprint density at radius 1 is 1.12 bits per heavy atom. The first-order chi connectivity index (χ1) is 16.0.